The van der Waals surface area contributed by atoms with E-state index < -0.39 is 23.7 Å². The van der Waals surface area contributed by atoms with Gasteiger partial charge in [0.1, 0.15) is 11.4 Å². The van der Waals surface area contributed by atoms with E-state index in [1.165, 1.54) is 6.07 Å². The van der Waals surface area contributed by atoms with Gasteiger partial charge in [-0.25, -0.2) is 13.2 Å². The van der Waals surface area contributed by atoms with Crippen LogP contribution in [0.4, 0.5) is 13.2 Å². The number of alkyl halides is 2. The average Bonchev–Trinajstić information content (AvgIpc) is 2.50. The van der Waals surface area contributed by atoms with E-state index in [9.17, 15) is 13.2 Å². The predicted molar refractivity (Wildman–Crippen MR) is 46.8 cm³/mol. The van der Waals surface area contributed by atoms with Crippen molar-refractivity contribution in [1.29, 1.82) is 0 Å². The van der Waals surface area contributed by atoms with Crippen LogP contribution in [0, 0.1) is 5.82 Å². The zero-order valence-electron chi connectivity index (χ0n) is 7.03. The van der Waals surface area contributed by atoms with Crippen LogP contribution in [-0.4, -0.2) is 5.92 Å². The highest BCUT2D eigenvalue weighted by Gasteiger charge is 2.70. The lowest BCUT2D eigenvalue weighted by atomic mass is 10.1. The number of nitrogens with two attached hydrogens (primary N) is 1. The van der Waals surface area contributed by atoms with Crippen LogP contribution in [0.3, 0.4) is 0 Å². The molecule has 1 nitrogen and oxygen atoms in total. The molecule has 1 unspecified atom stereocenters. The summed E-state index contributed by atoms with van der Waals surface area (Å²) in [5.74, 6) is -3.61. The summed E-state index contributed by atoms with van der Waals surface area (Å²) in [6.07, 6.45) is -0.459. The number of rotatable bonds is 1. The second-order valence-electron chi connectivity index (χ2n) is 3.51. The zero-order chi connectivity index (χ0) is 10.6. The van der Waals surface area contributed by atoms with Crippen molar-refractivity contribution < 1.29 is 13.2 Å². The Kier molecular flexibility index (Phi) is 1.85. The van der Waals surface area contributed by atoms with Crippen LogP contribution in [0.2, 0.25) is 5.02 Å². The van der Waals surface area contributed by atoms with Gasteiger partial charge in [-0.1, -0.05) is 11.6 Å². The number of hydrogen-bond acceptors (Lipinski definition) is 1. The minimum absolute atomic E-state index is 0.0486. The lowest BCUT2D eigenvalue weighted by Crippen LogP contribution is -2.27. The Bertz CT molecular complexity index is 373. The van der Waals surface area contributed by atoms with Crippen molar-refractivity contribution in [1.82, 2.24) is 0 Å². The summed E-state index contributed by atoms with van der Waals surface area (Å²) in [5, 5.41) is 0.0764. The van der Waals surface area contributed by atoms with Gasteiger partial charge in [-0.15, -0.1) is 0 Å². The van der Waals surface area contributed by atoms with Crippen molar-refractivity contribution >= 4 is 11.6 Å². The predicted octanol–water partition coefficient (Wildman–Crippen LogP) is 2.67. The summed E-state index contributed by atoms with van der Waals surface area (Å²) in [5.41, 5.74) is 3.72. The third-order valence-corrected chi connectivity index (χ3v) is 2.62. The molecule has 1 atom stereocenters. The molecule has 5 heteroatoms. The third-order valence-electron chi connectivity index (χ3n) is 2.41. The van der Waals surface area contributed by atoms with E-state index in [0.29, 0.717) is 0 Å². The fourth-order valence-electron chi connectivity index (χ4n) is 1.43. The highest BCUT2D eigenvalue weighted by Crippen LogP contribution is 2.57. The molecule has 1 aliphatic carbocycles. The van der Waals surface area contributed by atoms with E-state index in [1.807, 2.05) is 0 Å². The molecular weight excluding hydrogens is 215 g/mol. The third kappa shape index (κ3) is 1.29. The molecule has 0 bridgehead atoms. The van der Waals surface area contributed by atoms with E-state index in [4.69, 9.17) is 17.3 Å². The Morgan fingerprint density at radius 2 is 1.86 bits per heavy atom. The van der Waals surface area contributed by atoms with E-state index in [2.05, 4.69) is 0 Å². The van der Waals surface area contributed by atoms with Crippen LogP contribution in [0.25, 0.3) is 0 Å². The Morgan fingerprint density at radius 1 is 1.29 bits per heavy atom. The molecule has 0 amide bonds. The second-order valence-corrected chi connectivity index (χ2v) is 3.95. The summed E-state index contributed by atoms with van der Waals surface area (Å²) in [4.78, 5) is 0. The molecule has 0 radical (unpaired) electrons. The van der Waals surface area contributed by atoms with Crippen LogP contribution >= 0.6 is 11.6 Å². The largest absolute Gasteiger partial charge is 0.316 e. The molecule has 76 valence electrons. The maximum atomic E-state index is 12.9. The van der Waals surface area contributed by atoms with Gasteiger partial charge in [0.25, 0.3) is 5.92 Å². The van der Waals surface area contributed by atoms with Gasteiger partial charge >= 0.3 is 0 Å². The van der Waals surface area contributed by atoms with Crippen LogP contribution in [0.5, 0.6) is 0 Å². The first-order chi connectivity index (χ1) is 6.35. The van der Waals surface area contributed by atoms with E-state index in [0.717, 1.165) is 12.1 Å². The number of hydrogen-bond donors (Lipinski definition) is 1. The van der Waals surface area contributed by atoms with Gasteiger partial charge in [-0.05, 0) is 23.8 Å². The van der Waals surface area contributed by atoms with Gasteiger partial charge in [-0.2, -0.15) is 0 Å². The van der Waals surface area contributed by atoms with Crippen molar-refractivity contribution in [2.24, 2.45) is 5.73 Å². The average molecular weight is 222 g/mol. The van der Waals surface area contributed by atoms with Crippen molar-refractivity contribution in [3.63, 3.8) is 0 Å². The molecule has 0 heterocycles. The van der Waals surface area contributed by atoms with Crippen LogP contribution in [0.1, 0.15) is 12.0 Å². The molecule has 2 N–H and O–H groups in total. The van der Waals surface area contributed by atoms with Gasteiger partial charge < -0.3 is 5.73 Å². The van der Waals surface area contributed by atoms with Gasteiger partial charge in [0, 0.05) is 11.4 Å². The molecule has 0 saturated heterocycles. The maximum absolute atomic E-state index is 12.9. The van der Waals surface area contributed by atoms with E-state index >= 15 is 0 Å². The molecule has 2 rings (SSSR count). The quantitative estimate of drug-likeness (QED) is 0.775. The molecule has 1 aromatic carbocycles. The van der Waals surface area contributed by atoms with E-state index in [-0.39, 0.29) is 10.6 Å². The highest BCUT2D eigenvalue weighted by atomic mass is 35.5. The lowest BCUT2D eigenvalue weighted by molar-refractivity contribution is 0.0890. The standard InChI is InChI=1S/C9H7ClF3N/c10-6-1-5(2-7(11)3-6)8(14)4-9(8,12)13/h1-3H,4,14H2. The first kappa shape index (κ1) is 9.80. The molecule has 14 heavy (non-hydrogen) atoms. The van der Waals surface area contributed by atoms with Crippen LogP contribution in [0.15, 0.2) is 18.2 Å². The van der Waals surface area contributed by atoms with Crippen molar-refractivity contribution in [2.75, 3.05) is 0 Å². The summed E-state index contributed by atoms with van der Waals surface area (Å²) in [6.45, 7) is 0. The highest BCUT2D eigenvalue weighted by molar-refractivity contribution is 6.30. The first-order valence-electron chi connectivity index (χ1n) is 3.98. The zero-order valence-corrected chi connectivity index (χ0v) is 7.78. The van der Waals surface area contributed by atoms with Crippen LogP contribution < -0.4 is 5.73 Å². The molecule has 0 aromatic heterocycles. The number of halogens is 4. The fraction of sp³-hybridized carbons (Fsp3) is 0.333. The van der Waals surface area contributed by atoms with Gasteiger partial charge in [0.15, 0.2) is 0 Å². The fourth-order valence-corrected chi connectivity index (χ4v) is 1.65. The summed E-state index contributed by atoms with van der Waals surface area (Å²) >= 11 is 5.54. The first-order valence-corrected chi connectivity index (χ1v) is 4.36. The topological polar surface area (TPSA) is 26.0 Å². The Labute approximate surface area is 83.7 Å². The molecule has 1 fully saturated rings. The summed E-state index contributed by atoms with van der Waals surface area (Å²) < 4.78 is 38.5. The van der Waals surface area contributed by atoms with Gasteiger partial charge in [0.2, 0.25) is 0 Å². The maximum Gasteiger partial charge on any atom is 0.272 e. The monoisotopic (exact) mass is 221 g/mol. The smallest absolute Gasteiger partial charge is 0.272 e. The second kappa shape index (κ2) is 2.64. The van der Waals surface area contributed by atoms with Crippen molar-refractivity contribution in [2.45, 2.75) is 17.9 Å². The van der Waals surface area contributed by atoms with Crippen LogP contribution in [-0.2, 0) is 5.54 Å². The van der Waals surface area contributed by atoms with Crippen molar-refractivity contribution in [3.05, 3.63) is 34.6 Å². The number of benzene rings is 1. The van der Waals surface area contributed by atoms with Gasteiger partial charge in [0.05, 0.1) is 0 Å². The Balaban J connectivity index is 2.44. The summed E-state index contributed by atoms with van der Waals surface area (Å²) in [6, 6.07) is 3.31. The SMILES string of the molecule is NC1(c2cc(F)cc(Cl)c2)CC1(F)F. The Morgan fingerprint density at radius 3 is 2.29 bits per heavy atom. The van der Waals surface area contributed by atoms with E-state index in [1.54, 1.807) is 0 Å². The molecule has 1 aliphatic rings. The van der Waals surface area contributed by atoms with Crippen molar-refractivity contribution in [3.8, 4) is 0 Å². The minimum atomic E-state index is -2.95. The lowest BCUT2D eigenvalue weighted by Gasteiger charge is -2.10. The summed E-state index contributed by atoms with van der Waals surface area (Å²) in [7, 11) is 0. The molecule has 0 aliphatic heterocycles. The normalized spacial score (nSPS) is 28.9. The Hall–Kier alpha value is -0.740. The molecular formula is C9H7ClF3N. The molecule has 1 aromatic rings. The molecule has 1 saturated carbocycles. The minimum Gasteiger partial charge on any atom is -0.316 e. The molecule has 0 spiro atoms. The van der Waals surface area contributed by atoms with Gasteiger partial charge in [-0.3, -0.25) is 0 Å².